The summed E-state index contributed by atoms with van der Waals surface area (Å²) in [7, 11) is 1.66. The number of carboxylic acid groups (broad SMARTS) is 1. The van der Waals surface area contributed by atoms with Crippen molar-refractivity contribution < 1.29 is 19.4 Å². The predicted molar refractivity (Wildman–Crippen MR) is 104 cm³/mol. The molecule has 28 heavy (non-hydrogen) atoms. The standard InChI is InChI=1S/C21H21N3O4/c1-28-15-2-3-18-16(11-15)17(12-23-18)13-5-8-24(9-6-13)20(25)14-4-7-22-19(10-14)21(26)27/h2-4,7,10-13,23H,5-6,8-9H2,1H3,(H,26,27). The highest BCUT2D eigenvalue weighted by atomic mass is 16.5. The van der Waals surface area contributed by atoms with Crippen LogP contribution in [0, 0.1) is 0 Å². The molecule has 3 aromatic rings. The number of ether oxygens (including phenoxy) is 1. The van der Waals surface area contributed by atoms with Gasteiger partial charge in [-0.3, -0.25) is 4.79 Å². The van der Waals surface area contributed by atoms with Gasteiger partial charge in [0.05, 0.1) is 7.11 Å². The molecule has 1 aliphatic rings. The first-order chi connectivity index (χ1) is 13.6. The number of pyridine rings is 1. The Morgan fingerprint density at radius 1 is 1.21 bits per heavy atom. The number of hydrogen-bond acceptors (Lipinski definition) is 4. The van der Waals surface area contributed by atoms with E-state index in [1.807, 2.05) is 24.4 Å². The smallest absolute Gasteiger partial charge is 0.354 e. The first kappa shape index (κ1) is 18.0. The third kappa shape index (κ3) is 3.31. The quantitative estimate of drug-likeness (QED) is 0.725. The zero-order chi connectivity index (χ0) is 19.7. The van der Waals surface area contributed by atoms with Gasteiger partial charge in [-0.25, -0.2) is 9.78 Å². The van der Waals surface area contributed by atoms with Crippen LogP contribution in [0.5, 0.6) is 5.75 Å². The van der Waals surface area contributed by atoms with E-state index in [0.29, 0.717) is 24.6 Å². The average Bonchev–Trinajstić information content (AvgIpc) is 3.16. The molecule has 4 rings (SSSR count). The molecule has 0 atom stereocenters. The Morgan fingerprint density at radius 2 is 2.00 bits per heavy atom. The van der Waals surface area contributed by atoms with Gasteiger partial charge in [-0.2, -0.15) is 0 Å². The number of benzene rings is 1. The number of carbonyl (C=O) groups is 2. The molecule has 0 radical (unpaired) electrons. The highest BCUT2D eigenvalue weighted by Gasteiger charge is 2.26. The lowest BCUT2D eigenvalue weighted by molar-refractivity contribution is 0.0690. The lowest BCUT2D eigenvalue weighted by Crippen LogP contribution is -2.38. The number of carbonyl (C=O) groups excluding carboxylic acids is 1. The fraction of sp³-hybridized carbons (Fsp3) is 0.286. The van der Waals surface area contributed by atoms with Gasteiger partial charge in [-0.05, 0) is 54.7 Å². The summed E-state index contributed by atoms with van der Waals surface area (Å²) in [5.74, 6) is -0.100. The molecule has 1 saturated heterocycles. The van der Waals surface area contributed by atoms with Crippen LogP contribution in [-0.4, -0.2) is 52.1 Å². The Balaban J connectivity index is 1.48. The van der Waals surface area contributed by atoms with Crippen molar-refractivity contribution in [2.75, 3.05) is 20.2 Å². The number of nitrogens with zero attached hydrogens (tertiary/aromatic N) is 2. The Bertz CT molecular complexity index is 1040. The maximum Gasteiger partial charge on any atom is 0.354 e. The number of rotatable bonds is 4. The van der Waals surface area contributed by atoms with Crippen LogP contribution in [-0.2, 0) is 0 Å². The number of piperidine rings is 1. The van der Waals surface area contributed by atoms with Crippen LogP contribution in [0.3, 0.4) is 0 Å². The number of H-pyrrole nitrogens is 1. The van der Waals surface area contributed by atoms with E-state index in [9.17, 15) is 9.59 Å². The average molecular weight is 379 g/mol. The van der Waals surface area contributed by atoms with Gasteiger partial charge < -0.3 is 19.7 Å². The Labute approximate surface area is 162 Å². The van der Waals surface area contributed by atoms with Crippen molar-refractivity contribution in [1.29, 1.82) is 0 Å². The fourth-order valence-corrected chi connectivity index (χ4v) is 3.84. The lowest BCUT2D eigenvalue weighted by atomic mass is 9.89. The molecular formula is C21H21N3O4. The van der Waals surface area contributed by atoms with Gasteiger partial charge >= 0.3 is 5.97 Å². The lowest BCUT2D eigenvalue weighted by Gasteiger charge is -2.32. The molecule has 7 nitrogen and oxygen atoms in total. The summed E-state index contributed by atoms with van der Waals surface area (Å²) in [5, 5.41) is 10.2. The van der Waals surface area contributed by atoms with E-state index in [2.05, 4.69) is 9.97 Å². The molecule has 1 aromatic carbocycles. The molecule has 3 heterocycles. The summed E-state index contributed by atoms with van der Waals surface area (Å²) in [6, 6.07) is 8.89. The van der Waals surface area contributed by atoms with Crippen LogP contribution in [0.2, 0.25) is 0 Å². The van der Waals surface area contributed by atoms with E-state index in [1.165, 1.54) is 17.8 Å². The Hall–Kier alpha value is -3.35. The molecular weight excluding hydrogens is 358 g/mol. The molecule has 0 unspecified atom stereocenters. The summed E-state index contributed by atoms with van der Waals surface area (Å²) >= 11 is 0. The molecule has 144 valence electrons. The Kier molecular flexibility index (Phi) is 4.73. The van der Waals surface area contributed by atoms with Crippen molar-refractivity contribution in [2.24, 2.45) is 0 Å². The van der Waals surface area contributed by atoms with Crippen LogP contribution in [0.25, 0.3) is 10.9 Å². The number of fused-ring (bicyclic) bond motifs is 1. The highest BCUT2D eigenvalue weighted by molar-refractivity contribution is 5.96. The molecule has 2 N–H and O–H groups in total. The van der Waals surface area contributed by atoms with Gasteiger partial charge in [-0.15, -0.1) is 0 Å². The summed E-state index contributed by atoms with van der Waals surface area (Å²) in [6.07, 6.45) is 5.12. The minimum Gasteiger partial charge on any atom is -0.497 e. The second kappa shape index (κ2) is 7.34. The van der Waals surface area contributed by atoms with Gasteiger partial charge in [0.15, 0.2) is 0 Å². The van der Waals surface area contributed by atoms with Crippen molar-refractivity contribution in [3.63, 3.8) is 0 Å². The second-order valence-electron chi connectivity index (χ2n) is 6.96. The van der Waals surface area contributed by atoms with Gasteiger partial charge in [0.25, 0.3) is 5.91 Å². The van der Waals surface area contributed by atoms with E-state index in [0.717, 1.165) is 29.5 Å². The number of amides is 1. The minimum atomic E-state index is -1.14. The van der Waals surface area contributed by atoms with E-state index in [-0.39, 0.29) is 11.6 Å². The van der Waals surface area contributed by atoms with Crippen molar-refractivity contribution in [2.45, 2.75) is 18.8 Å². The molecule has 0 spiro atoms. The van der Waals surface area contributed by atoms with Gasteiger partial charge in [0.2, 0.25) is 0 Å². The number of carboxylic acids is 1. The molecule has 1 aliphatic heterocycles. The van der Waals surface area contributed by atoms with Crippen LogP contribution < -0.4 is 4.74 Å². The van der Waals surface area contributed by atoms with E-state index < -0.39 is 5.97 Å². The molecule has 0 bridgehead atoms. The third-order valence-electron chi connectivity index (χ3n) is 5.37. The molecule has 1 amide bonds. The maximum absolute atomic E-state index is 12.7. The van der Waals surface area contributed by atoms with E-state index in [4.69, 9.17) is 9.84 Å². The van der Waals surface area contributed by atoms with Gasteiger partial charge in [-0.1, -0.05) is 0 Å². The fourth-order valence-electron chi connectivity index (χ4n) is 3.84. The van der Waals surface area contributed by atoms with Crippen LogP contribution >= 0.6 is 0 Å². The second-order valence-corrected chi connectivity index (χ2v) is 6.96. The number of aromatic amines is 1. The first-order valence-electron chi connectivity index (χ1n) is 9.20. The van der Waals surface area contributed by atoms with E-state index >= 15 is 0 Å². The number of methoxy groups -OCH3 is 1. The van der Waals surface area contributed by atoms with Crippen molar-refractivity contribution in [1.82, 2.24) is 14.9 Å². The zero-order valence-corrected chi connectivity index (χ0v) is 15.5. The number of likely N-dealkylation sites (tertiary alicyclic amines) is 1. The summed E-state index contributed by atoms with van der Waals surface area (Å²) < 4.78 is 5.34. The maximum atomic E-state index is 12.7. The van der Waals surface area contributed by atoms with Crippen molar-refractivity contribution in [3.8, 4) is 5.75 Å². The van der Waals surface area contributed by atoms with Gasteiger partial charge in [0, 0.05) is 41.9 Å². The molecule has 0 aliphatic carbocycles. The topological polar surface area (TPSA) is 95.5 Å². The predicted octanol–water partition coefficient (Wildman–Crippen LogP) is 3.29. The van der Waals surface area contributed by atoms with Crippen LogP contribution in [0.15, 0.2) is 42.7 Å². The summed E-state index contributed by atoms with van der Waals surface area (Å²) in [4.78, 5) is 32.7. The van der Waals surface area contributed by atoms with Crippen LogP contribution in [0.4, 0.5) is 0 Å². The summed E-state index contributed by atoms with van der Waals surface area (Å²) in [6.45, 7) is 1.26. The first-order valence-corrected chi connectivity index (χ1v) is 9.20. The van der Waals surface area contributed by atoms with Crippen molar-refractivity contribution >= 4 is 22.8 Å². The zero-order valence-electron chi connectivity index (χ0n) is 15.5. The number of aromatic nitrogens is 2. The molecule has 0 saturated carbocycles. The SMILES string of the molecule is COc1ccc2[nH]cc(C3CCN(C(=O)c4ccnc(C(=O)O)c4)CC3)c2c1. The molecule has 7 heteroatoms. The third-order valence-corrected chi connectivity index (χ3v) is 5.37. The largest absolute Gasteiger partial charge is 0.497 e. The minimum absolute atomic E-state index is 0.117. The normalized spacial score (nSPS) is 15.0. The van der Waals surface area contributed by atoms with E-state index in [1.54, 1.807) is 18.1 Å². The number of aromatic carboxylic acids is 1. The summed E-state index contributed by atoms with van der Waals surface area (Å²) in [5.41, 5.74) is 2.57. The van der Waals surface area contributed by atoms with Gasteiger partial charge in [0.1, 0.15) is 11.4 Å². The number of nitrogens with one attached hydrogen (secondary N) is 1. The highest BCUT2D eigenvalue weighted by Crippen LogP contribution is 2.35. The van der Waals surface area contributed by atoms with Crippen LogP contribution in [0.1, 0.15) is 45.2 Å². The van der Waals surface area contributed by atoms with Crippen molar-refractivity contribution in [3.05, 3.63) is 59.5 Å². The monoisotopic (exact) mass is 379 g/mol. The molecule has 1 fully saturated rings. The Morgan fingerprint density at radius 3 is 2.71 bits per heavy atom. The molecule has 2 aromatic heterocycles. The number of hydrogen-bond donors (Lipinski definition) is 2.